The van der Waals surface area contributed by atoms with E-state index in [4.69, 9.17) is 11.6 Å². The Labute approximate surface area is 133 Å². The van der Waals surface area contributed by atoms with Gasteiger partial charge in [0.1, 0.15) is 0 Å². The summed E-state index contributed by atoms with van der Waals surface area (Å²) < 4.78 is 0. The number of nitrogens with one attached hydrogen (secondary N) is 1. The van der Waals surface area contributed by atoms with Gasteiger partial charge < -0.3 is 0 Å². The van der Waals surface area contributed by atoms with Crippen LogP contribution in [0.2, 0.25) is 5.02 Å². The Morgan fingerprint density at radius 3 is 2.05 bits per heavy atom. The average molecular weight is 305 g/mol. The topological polar surface area (TPSA) is 28.7 Å². The fourth-order valence-corrected chi connectivity index (χ4v) is 3.02. The van der Waals surface area contributed by atoms with Crippen LogP contribution in [0.25, 0.3) is 33.6 Å². The molecule has 0 saturated carbocycles. The number of hydrogen-bond donors (Lipinski definition) is 1. The van der Waals surface area contributed by atoms with Crippen LogP contribution >= 0.6 is 11.6 Å². The van der Waals surface area contributed by atoms with Gasteiger partial charge in [-0.2, -0.15) is 5.10 Å². The maximum absolute atomic E-state index is 6.44. The lowest BCUT2D eigenvalue weighted by molar-refractivity contribution is 1.05. The molecule has 1 aliphatic carbocycles. The highest BCUT2D eigenvalue weighted by Crippen LogP contribution is 2.42. The number of fused-ring (bicyclic) bond motifs is 1. The van der Waals surface area contributed by atoms with Gasteiger partial charge in [-0.25, -0.2) is 0 Å². The fraction of sp³-hybridized carbons (Fsp3) is 0. The molecule has 1 aliphatic heterocycles. The summed E-state index contributed by atoms with van der Waals surface area (Å²) in [6.07, 6.45) is 0. The Morgan fingerprint density at radius 1 is 0.727 bits per heavy atom. The molecule has 106 valence electrons. The van der Waals surface area contributed by atoms with E-state index >= 15 is 0 Å². The Kier molecular flexibility index (Phi) is 3.17. The van der Waals surface area contributed by atoms with Crippen LogP contribution in [0.15, 0.2) is 72.8 Å². The molecule has 2 aromatic carbocycles. The number of hydrogen-bond acceptors (Lipinski definition) is 1. The molecular formula is C19H13ClN2. The second-order valence-corrected chi connectivity index (χ2v) is 5.56. The first-order valence-corrected chi connectivity index (χ1v) is 7.50. The third-order valence-corrected chi connectivity index (χ3v) is 4.11. The molecule has 0 radical (unpaired) electrons. The smallest absolute Gasteiger partial charge is 0.0985 e. The molecule has 2 nitrogen and oxygen atoms in total. The molecule has 0 unspecified atom stereocenters. The van der Waals surface area contributed by atoms with Crippen LogP contribution in [0.1, 0.15) is 0 Å². The predicted octanol–water partition coefficient (Wildman–Crippen LogP) is 5.50. The van der Waals surface area contributed by atoms with Crippen molar-refractivity contribution < 1.29 is 0 Å². The quantitative estimate of drug-likeness (QED) is 0.520. The Bertz CT molecular complexity index is 882. The number of rotatable bonds is 2. The van der Waals surface area contributed by atoms with Crippen LogP contribution in [0.3, 0.4) is 0 Å². The van der Waals surface area contributed by atoms with E-state index in [0.717, 1.165) is 38.7 Å². The lowest BCUT2D eigenvalue weighted by Gasteiger charge is -2.13. The second kappa shape index (κ2) is 5.32. The Hall–Kier alpha value is -2.58. The highest BCUT2D eigenvalue weighted by molar-refractivity contribution is 6.34. The maximum atomic E-state index is 6.44. The molecule has 2 aliphatic rings. The van der Waals surface area contributed by atoms with E-state index in [-0.39, 0.29) is 0 Å². The second-order valence-electron chi connectivity index (χ2n) is 5.15. The maximum Gasteiger partial charge on any atom is 0.0985 e. The molecule has 0 atom stereocenters. The molecule has 0 bridgehead atoms. The molecule has 4 rings (SSSR count). The van der Waals surface area contributed by atoms with Gasteiger partial charge in [-0.3, -0.25) is 5.10 Å². The van der Waals surface area contributed by atoms with E-state index in [2.05, 4.69) is 34.5 Å². The van der Waals surface area contributed by atoms with Gasteiger partial charge in [-0.15, -0.1) is 0 Å². The average Bonchev–Trinajstić information content (AvgIpc) is 2.98. The van der Waals surface area contributed by atoms with Crippen LogP contribution in [0.4, 0.5) is 0 Å². The lowest BCUT2D eigenvalue weighted by atomic mass is 9.98. The minimum absolute atomic E-state index is 0.740. The molecule has 0 spiro atoms. The van der Waals surface area contributed by atoms with Crippen molar-refractivity contribution in [3.63, 3.8) is 0 Å². The molecule has 0 aromatic heterocycles. The van der Waals surface area contributed by atoms with Crippen molar-refractivity contribution in [3.8, 4) is 33.6 Å². The van der Waals surface area contributed by atoms with Crippen molar-refractivity contribution in [3.05, 3.63) is 77.8 Å². The van der Waals surface area contributed by atoms with Crippen LogP contribution in [-0.2, 0) is 0 Å². The van der Waals surface area contributed by atoms with Gasteiger partial charge >= 0.3 is 0 Å². The van der Waals surface area contributed by atoms with Crippen molar-refractivity contribution in [1.29, 1.82) is 0 Å². The number of halogens is 1. The van der Waals surface area contributed by atoms with Gasteiger partial charge in [0.2, 0.25) is 0 Å². The van der Waals surface area contributed by atoms with Gasteiger partial charge in [0.05, 0.1) is 16.4 Å². The number of H-pyrrole nitrogens is 1. The minimum Gasteiger partial charge on any atom is -0.277 e. The van der Waals surface area contributed by atoms with E-state index in [9.17, 15) is 0 Å². The van der Waals surface area contributed by atoms with Crippen LogP contribution < -0.4 is 0 Å². The van der Waals surface area contributed by atoms with Crippen molar-refractivity contribution >= 4 is 11.6 Å². The summed E-state index contributed by atoms with van der Waals surface area (Å²) in [6, 6.07) is 24.2. The summed E-state index contributed by atoms with van der Waals surface area (Å²) in [5.41, 5.74) is 6.10. The van der Waals surface area contributed by atoms with Gasteiger partial charge in [0.25, 0.3) is 0 Å². The van der Waals surface area contributed by atoms with E-state index in [1.165, 1.54) is 0 Å². The normalized spacial score (nSPS) is 11.0. The van der Waals surface area contributed by atoms with E-state index in [1.54, 1.807) is 0 Å². The third kappa shape index (κ3) is 2.09. The first-order chi connectivity index (χ1) is 10.8. The molecule has 0 saturated heterocycles. The molecule has 0 amide bonds. The summed E-state index contributed by atoms with van der Waals surface area (Å²) in [7, 11) is 0. The summed E-state index contributed by atoms with van der Waals surface area (Å²) in [6.45, 7) is 0. The zero-order valence-electron chi connectivity index (χ0n) is 11.8. The molecule has 3 heteroatoms. The fourth-order valence-electron chi connectivity index (χ4n) is 2.76. The van der Waals surface area contributed by atoms with E-state index in [1.807, 2.05) is 48.5 Å². The predicted molar refractivity (Wildman–Crippen MR) is 91.1 cm³/mol. The largest absolute Gasteiger partial charge is 0.277 e. The number of aromatic nitrogens is 2. The number of nitrogens with zero attached hydrogens (tertiary/aromatic N) is 1. The zero-order valence-corrected chi connectivity index (χ0v) is 12.5. The van der Waals surface area contributed by atoms with Crippen LogP contribution in [0.5, 0.6) is 0 Å². The van der Waals surface area contributed by atoms with Gasteiger partial charge in [-0.1, -0.05) is 78.3 Å². The molecule has 0 fully saturated rings. The van der Waals surface area contributed by atoms with Crippen LogP contribution in [-0.4, -0.2) is 10.2 Å². The summed E-state index contributed by atoms with van der Waals surface area (Å²) >= 11 is 6.44. The molecule has 1 N–H and O–H groups in total. The lowest BCUT2D eigenvalue weighted by Crippen LogP contribution is -1.97. The molecular weight excluding hydrogens is 292 g/mol. The standard InChI is InChI=1S/C19H13ClN2/c20-16-12-11-15-17(16)19(14-9-5-2-6-10-14)22-21-18(15)13-7-3-1-4-8-13/h1-12,22H. The number of benzene rings is 2. The van der Waals surface area contributed by atoms with Crippen molar-refractivity contribution in [1.82, 2.24) is 10.2 Å². The van der Waals surface area contributed by atoms with E-state index in [0.29, 0.717) is 0 Å². The highest BCUT2D eigenvalue weighted by atomic mass is 35.5. The molecule has 22 heavy (non-hydrogen) atoms. The zero-order chi connectivity index (χ0) is 14.9. The SMILES string of the molecule is Clc1ccc2c(-c3ccccc3)n[nH]c(-c3ccccc3)c1-2. The first kappa shape index (κ1) is 13.1. The van der Waals surface area contributed by atoms with Gasteiger partial charge in [-0.05, 0) is 6.07 Å². The van der Waals surface area contributed by atoms with Crippen molar-refractivity contribution in [2.45, 2.75) is 0 Å². The van der Waals surface area contributed by atoms with E-state index < -0.39 is 0 Å². The Morgan fingerprint density at radius 2 is 1.36 bits per heavy atom. The first-order valence-electron chi connectivity index (χ1n) is 7.12. The Balaban J connectivity index is 1.97. The van der Waals surface area contributed by atoms with Gasteiger partial charge in [0.15, 0.2) is 0 Å². The molecule has 2 aromatic rings. The highest BCUT2D eigenvalue weighted by Gasteiger charge is 2.20. The minimum atomic E-state index is 0.740. The summed E-state index contributed by atoms with van der Waals surface area (Å²) in [5.74, 6) is 0. The van der Waals surface area contributed by atoms with Gasteiger partial charge in [0, 0.05) is 22.3 Å². The van der Waals surface area contributed by atoms with Crippen LogP contribution in [0, 0.1) is 0 Å². The van der Waals surface area contributed by atoms with Crippen molar-refractivity contribution in [2.75, 3.05) is 0 Å². The monoisotopic (exact) mass is 304 g/mol. The number of aromatic amines is 1. The molecule has 1 heterocycles. The van der Waals surface area contributed by atoms with Crippen molar-refractivity contribution in [2.24, 2.45) is 0 Å². The summed E-state index contributed by atoms with van der Waals surface area (Å²) in [4.78, 5) is 0. The summed E-state index contributed by atoms with van der Waals surface area (Å²) in [5, 5.41) is 8.51. The third-order valence-electron chi connectivity index (χ3n) is 3.80.